The second kappa shape index (κ2) is 25.6. The van der Waals surface area contributed by atoms with Gasteiger partial charge in [-0.15, -0.1) is 0 Å². The Morgan fingerprint density at radius 3 is 1.55 bits per heavy atom. The molecule has 33 heavy (non-hydrogen) atoms. The molecule has 0 aliphatic rings. The maximum Gasteiger partial charge on any atom is 0.306 e. The Labute approximate surface area is 206 Å². The quantitative estimate of drug-likeness (QED) is 0.0990. The van der Waals surface area contributed by atoms with E-state index in [2.05, 4.69) is 20.8 Å². The van der Waals surface area contributed by atoms with Crippen molar-refractivity contribution in [1.29, 1.82) is 0 Å². The average Bonchev–Trinajstić information content (AvgIpc) is 2.81. The maximum atomic E-state index is 12.0. The van der Waals surface area contributed by atoms with Gasteiger partial charge < -0.3 is 9.47 Å². The van der Waals surface area contributed by atoms with Crippen LogP contribution in [0.25, 0.3) is 0 Å². The van der Waals surface area contributed by atoms with Crippen LogP contribution in [0.4, 0.5) is 0 Å². The number of carbonyl (C=O) groups is 2. The highest BCUT2D eigenvalue weighted by atomic mass is 16.5. The zero-order valence-electron chi connectivity index (χ0n) is 22.5. The number of hydrogen-bond acceptors (Lipinski definition) is 4. The molecule has 0 aliphatic carbocycles. The van der Waals surface area contributed by atoms with E-state index in [9.17, 15) is 9.59 Å². The minimum absolute atomic E-state index is 0.0342. The molecule has 0 aromatic heterocycles. The molecule has 4 nitrogen and oxygen atoms in total. The van der Waals surface area contributed by atoms with E-state index in [-0.39, 0.29) is 18.0 Å². The summed E-state index contributed by atoms with van der Waals surface area (Å²) in [5, 5.41) is 0. The van der Waals surface area contributed by atoms with Crippen molar-refractivity contribution in [1.82, 2.24) is 0 Å². The van der Waals surface area contributed by atoms with Crippen molar-refractivity contribution in [3.8, 4) is 0 Å². The molecule has 0 saturated carbocycles. The number of ether oxygens (including phenoxy) is 2. The minimum atomic E-state index is -0.0401. The first-order valence-corrected chi connectivity index (χ1v) is 14.5. The van der Waals surface area contributed by atoms with Gasteiger partial charge in [-0.1, -0.05) is 111 Å². The Bertz CT molecular complexity index is 435. The molecule has 0 aromatic carbocycles. The van der Waals surface area contributed by atoms with Crippen molar-refractivity contribution in [2.24, 2.45) is 0 Å². The standard InChI is InChI=1S/C29H56O4/c1-4-7-9-10-11-12-15-18-22-26-32-28(30)24-20-16-13-14-17-21-25-29(31)33-27(6-3)23-19-8-5-2/h27H,4-26H2,1-3H3. The van der Waals surface area contributed by atoms with Crippen LogP contribution in [0.2, 0.25) is 0 Å². The molecular weight excluding hydrogens is 412 g/mol. The monoisotopic (exact) mass is 468 g/mol. The number of unbranched alkanes of at least 4 members (excludes halogenated alkanes) is 15. The van der Waals surface area contributed by atoms with Crippen LogP contribution in [0.3, 0.4) is 0 Å². The zero-order chi connectivity index (χ0) is 24.4. The first-order chi connectivity index (χ1) is 16.1. The Kier molecular flexibility index (Phi) is 24.7. The SMILES string of the molecule is CCCCCCCCCCCOC(=O)CCCCCCCCC(=O)OC(CC)CCCCC. The topological polar surface area (TPSA) is 52.6 Å². The molecule has 4 heteroatoms. The van der Waals surface area contributed by atoms with Gasteiger partial charge in [0.15, 0.2) is 0 Å². The summed E-state index contributed by atoms with van der Waals surface area (Å²) in [6.45, 7) is 7.12. The molecule has 0 amide bonds. The van der Waals surface area contributed by atoms with Crippen molar-refractivity contribution in [3.05, 3.63) is 0 Å². The van der Waals surface area contributed by atoms with E-state index < -0.39 is 0 Å². The lowest BCUT2D eigenvalue weighted by Crippen LogP contribution is -2.17. The van der Waals surface area contributed by atoms with Crippen molar-refractivity contribution in [3.63, 3.8) is 0 Å². The number of rotatable bonds is 25. The van der Waals surface area contributed by atoms with Gasteiger partial charge >= 0.3 is 11.9 Å². The summed E-state index contributed by atoms with van der Waals surface area (Å²) in [6, 6.07) is 0. The van der Waals surface area contributed by atoms with Gasteiger partial charge in [-0.25, -0.2) is 0 Å². The molecule has 0 saturated heterocycles. The second-order valence-electron chi connectivity index (χ2n) is 9.69. The summed E-state index contributed by atoms with van der Waals surface area (Å²) >= 11 is 0. The van der Waals surface area contributed by atoms with E-state index >= 15 is 0 Å². The van der Waals surface area contributed by atoms with Crippen LogP contribution in [0, 0.1) is 0 Å². The number of hydrogen-bond donors (Lipinski definition) is 0. The molecule has 1 unspecified atom stereocenters. The van der Waals surface area contributed by atoms with Crippen LogP contribution in [0.5, 0.6) is 0 Å². The normalized spacial score (nSPS) is 12.0. The first-order valence-electron chi connectivity index (χ1n) is 14.5. The molecule has 0 spiro atoms. The van der Waals surface area contributed by atoms with E-state index in [1.54, 1.807) is 0 Å². The summed E-state index contributed by atoms with van der Waals surface area (Å²) in [4.78, 5) is 23.8. The van der Waals surface area contributed by atoms with Gasteiger partial charge in [0.25, 0.3) is 0 Å². The molecule has 0 N–H and O–H groups in total. The zero-order valence-corrected chi connectivity index (χ0v) is 22.5. The van der Waals surface area contributed by atoms with Gasteiger partial charge in [0, 0.05) is 12.8 Å². The fourth-order valence-corrected chi connectivity index (χ4v) is 4.13. The third-order valence-electron chi connectivity index (χ3n) is 6.41. The Hall–Kier alpha value is -1.06. The summed E-state index contributed by atoms with van der Waals surface area (Å²) in [5.41, 5.74) is 0. The summed E-state index contributed by atoms with van der Waals surface area (Å²) in [5.74, 6) is -0.0743. The van der Waals surface area contributed by atoms with Crippen LogP contribution < -0.4 is 0 Å². The first kappa shape index (κ1) is 31.9. The van der Waals surface area contributed by atoms with E-state index in [0.717, 1.165) is 64.2 Å². The average molecular weight is 469 g/mol. The molecule has 0 radical (unpaired) electrons. The van der Waals surface area contributed by atoms with Crippen LogP contribution in [-0.4, -0.2) is 24.6 Å². The maximum absolute atomic E-state index is 12.0. The molecule has 0 aliphatic heterocycles. The predicted octanol–water partition coefficient (Wildman–Crippen LogP) is 9.08. The van der Waals surface area contributed by atoms with Gasteiger partial charge in [0.1, 0.15) is 6.10 Å². The van der Waals surface area contributed by atoms with Crippen LogP contribution in [0.15, 0.2) is 0 Å². The Morgan fingerprint density at radius 1 is 0.545 bits per heavy atom. The largest absolute Gasteiger partial charge is 0.466 e. The second-order valence-corrected chi connectivity index (χ2v) is 9.69. The Morgan fingerprint density at radius 2 is 1.00 bits per heavy atom. The van der Waals surface area contributed by atoms with E-state index in [4.69, 9.17) is 9.47 Å². The predicted molar refractivity (Wildman–Crippen MR) is 139 cm³/mol. The molecule has 1 atom stereocenters. The van der Waals surface area contributed by atoms with Gasteiger partial charge in [-0.05, 0) is 38.5 Å². The van der Waals surface area contributed by atoms with Crippen LogP contribution >= 0.6 is 0 Å². The summed E-state index contributed by atoms with van der Waals surface area (Å²) < 4.78 is 11.0. The highest BCUT2D eigenvalue weighted by Gasteiger charge is 2.12. The highest BCUT2D eigenvalue weighted by molar-refractivity contribution is 5.69. The lowest BCUT2D eigenvalue weighted by Gasteiger charge is -2.16. The number of carbonyl (C=O) groups excluding carboxylic acids is 2. The molecule has 196 valence electrons. The molecule has 0 heterocycles. The van der Waals surface area contributed by atoms with Gasteiger partial charge in [0.2, 0.25) is 0 Å². The van der Waals surface area contributed by atoms with Crippen molar-refractivity contribution < 1.29 is 19.1 Å². The van der Waals surface area contributed by atoms with E-state index in [1.807, 2.05) is 0 Å². The molecule has 0 fully saturated rings. The van der Waals surface area contributed by atoms with Crippen LogP contribution in [0.1, 0.15) is 162 Å². The van der Waals surface area contributed by atoms with Gasteiger partial charge in [0.05, 0.1) is 6.61 Å². The fraction of sp³-hybridized carbons (Fsp3) is 0.931. The summed E-state index contributed by atoms with van der Waals surface area (Å²) in [6.07, 6.45) is 24.4. The molecule has 0 rings (SSSR count). The fourth-order valence-electron chi connectivity index (χ4n) is 4.13. The molecule has 0 aromatic rings. The van der Waals surface area contributed by atoms with E-state index in [1.165, 1.54) is 64.2 Å². The third kappa shape index (κ3) is 23.9. The van der Waals surface area contributed by atoms with Crippen LogP contribution in [-0.2, 0) is 19.1 Å². The van der Waals surface area contributed by atoms with Crippen molar-refractivity contribution in [2.45, 2.75) is 168 Å². The van der Waals surface area contributed by atoms with Gasteiger partial charge in [-0.2, -0.15) is 0 Å². The lowest BCUT2D eigenvalue weighted by atomic mass is 10.1. The van der Waals surface area contributed by atoms with E-state index in [0.29, 0.717) is 19.4 Å². The molecular formula is C29H56O4. The number of esters is 2. The van der Waals surface area contributed by atoms with Crippen molar-refractivity contribution in [2.75, 3.05) is 6.61 Å². The third-order valence-corrected chi connectivity index (χ3v) is 6.41. The summed E-state index contributed by atoms with van der Waals surface area (Å²) in [7, 11) is 0. The van der Waals surface area contributed by atoms with Gasteiger partial charge in [-0.3, -0.25) is 9.59 Å². The smallest absolute Gasteiger partial charge is 0.306 e. The lowest BCUT2D eigenvalue weighted by molar-refractivity contribution is -0.149. The van der Waals surface area contributed by atoms with Crippen molar-refractivity contribution >= 4 is 11.9 Å². The Balaban J connectivity index is 3.40. The highest BCUT2D eigenvalue weighted by Crippen LogP contribution is 2.14. The minimum Gasteiger partial charge on any atom is -0.466 e. The molecule has 0 bridgehead atoms.